The number of nitrogens with one attached hydrogen (secondary N) is 1. The average molecular weight is 380 g/mol. The number of carbonyl (C=O) groups is 2. The lowest BCUT2D eigenvalue weighted by atomic mass is 10.1. The lowest BCUT2D eigenvalue weighted by Gasteiger charge is -2.11. The van der Waals surface area contributed by atoms with E-state index in [0.717, 1.165) is 0 Å². The van der Waals surface area contributed by atoms with Crippen molar-refractivity contribution in [3.05, 3.63) is 77.4 Å². The first-order chi connectivity index (χ1) is 13.4. The van der Waals surface area contributed by atoms with Gasteiger partial charge in [0.1, 0.15) is 11.6 Å². The average Bonchev–Trinajstić information content (AvgIpc) is 2.97. The molecule has 0 bridgehead atoms. The molecule has 0 spiro atoms. The lowest BCUT2D eigenvalue weighted by molar-refractivity contribution is -0.112. The summed E-state index contributed by atoms with van der Waals surface area (Å²) in [4.78, 5) is 25.1. The molecule has 6 heteroatoms. The Morgan fingerprint density at radius 1 is 1.07 bits per heavy atom. The molecule has 0 aliphatic carbocycles. The fraction of sp³-hybridized carbons (Fsp3) is 0.182. The summed E-state index contributed by atoms with van der Waals surface area (Å²) in [5.41, 5.74) is 2.24. The number of aromatic nitrogens is 1. The van der Waals surface area contributed by atoms with Crippen molar-refractivity contribution in [2.45, 2.75) is 20.8 Å². The number of carbonyl (C=O) groups excluding carboxylic acids is 2. The van der Waals surface area contributed by atoms with Gasteiger partial charge in [-0.15, -0.1) is 0 Å². The Kier molecular flexibility index (Phi) is 5.59. The van der Waals surface area contributed by atoms with E-state index in [-0.39, 0.29) is 5.56 Å². The Morgan fingerprint density at radius 2 is 1.75 bits per heavy atom. The number of Topliss-reactive ketones (excluding diaryl/α,β-unsaturated/α-hetero) is 1. The maximum atomic E-state index is 14.2. The highest BCUT2D eigenvalue weighted by atomic mass is 19.1. The first-order valence-corrected chi connectivity index (χ1v) is 8.94. The standard InChI is InChI=1S/C22H21FN2O3/c1-4-28-17-11-9-16(10-12-17)24-22(27)21(26)18-13-14(2)25(15(18)3)20-8-6-5-7-19(20)23/h5-13H,4H2,1-3H3,(H,24,27). The van der Waals surface area contributed by atoms with E-state index in [0.29, 0.717) is 35.1 Å². The van der Waals surface area contributed by atoms with E-state index in [2.05, 4.69) is 5.32 Å². The Morgan fingerprint density at radius 3 is 2.39 bits per heavy atom. The summed E-state index contributed by atoms with van der Waals surface area (Å²) in [7, 11) is 0. The van der Waals surface area contributed by atoms with Crippen molar-refractivity contribution in [3.8, 4) is 11.4 Å². The molecule has 144 valence electrons. The molecule has 0 atom stereocenters. The predicted octanol–water partition coefficient (Wildman–Crippen LogP) is 4.45. The molecule has 1 N–H and O–H groups in total. The number of nitrogens with zero attached hydrogens (tertiary/aromatic N) is 1. The molecule has 0 unspecified atom stereocenters. The number of halogens is 1. The summed E-state index contributed by atoms with van der Waals surface area (Å²) in [6.07, 6.45) is 0. The van der Waals surface area contributed by atoms with Gasteiger partial charge in [-0.3, -0.25) is 9.59 Å². The van der Waals surface area contributed by atoms with Gasteiger partial charge in [-0.2, -0.15) is 0 Å². The number of ketones is 1. The molecule has 3 rings (SSSR count). The van der Waals surface area contributed by atoms with Crippen LogP contribution in [0.3, 0.4) is 0 Å². The summed E-state index contributed by atoms with van der Waals surface area (Å²) in [5.74, 6) is -1.15. The molecular weight excluding hydrogens is 359 g/mol. The Balaban J connectivity index is 1.83. The third-order valence-corrected chi connectivity index (χ3v) is 4.40. The Labute approximate surface area is 162 Å². The monoisotopic (exact) mass is 380 g/mol. The molecule has 5 nitrogen and oxygen atoms in total. The SMILES string of the molecule is CCOc1ccc(NC(=O)C(=O)c2cc(C)n(-c3ccccc3F)c2C)cc1. The van der Waals surface area contributed by atoms with E-state index in [1.54, 1.807) is 66.9 Å². The molecular formula is C22H21FN2O3. The topological polar surface area (TPSA) is 60.3 Å². The number of amides is 1. The normalized spacial score (nSPS) is 10.6. The zero-order chi connectivity index (χ0) is 20.3. The van der Waals surface area contributed by atoms with E-state index in [1.807, 2.05) is 6.92 Å². The number of hydrogen-bond acceptors (Lipinski definition) is 3. The number of benzene rings is 2. The van der Waals surface area contributed by atoms with Gasteiger partial charge in [0.05, 0.1) is 12.3 Å². The number of rotatable bonds is 6. The van der Waals surface area contributed by atoms with Crippen molar-refractivity contribution in [2.75, 3.05) is 11.9 Å². The van der Waals surface area contributed by atoms with Crippen molar-refractivity contribution in [1.82, 2.24) is 4.57 Å². The molecule has 0 radical (unpaired) electrons. The third-order valence-electron chi connectivity index (χ3n) is 4.40. The van der Waals surface area contributed by atoms with Gasteiger partial charge in [-0.1, -0.05) is 12.1 Å². The molecule has 0 saturated carbocycles. The van der Waals surface area contributed by atoms with E-state index in [4.69, 9.17) is 4.74 Å². The highest BCUT2D eigenvalue weighted by molar-refractivity contribution is 6.46. The summed E-state index contributed by atoms with van der Waals surface area (Å²) in [6.45, 7) is 5.88. The van der Waals surface area contributed by atoms with Crippen LogP contribution in [0.1, 0.15) is 28.7 Å². The predicted molar refractivity (Wildman–Crippen MR) is 106 cm³/mol. The van der Waals surface area contributed by atoms with Gasteiger partial charge in [-0.25, -0.2) is 4.39 Å². The summed E-state index contributed by atoms with van der Waals surface area (Å²) < 4.78 is 21.2. The van der Waals surface area contributed by atoms with Crippen LogP contribution in [0, 0.1) is 19.7 Å². The van der Waals surface area contributed by atoms with Crippen molar-refractivity contribution in [1.29, 1.82) is 0 Å². The third kappa shape index (κ3) is 3.81. The summed E-state index contributed by atoms with van der Waals surface area (Å²) >= 11 is 0. The van der Waals surface area contributed by atoms with Crippen molar-refractivity contribution < 1.29 is 18.7 Å². The van der Waals surface area contributed by atoms with Crippen molar-refractivity contribution in [2.24, 2.45) is 0 Å². The minimum absolute atomic E-state index is 0.240. The van der Waals surface area contributed by atoms with Gasteiger partial charge in [0.15, 0.2) is 0 Å². The molecule has 3 aromatic rings. The van der Waals surface area contributed by atoms with Crippen LogP contribution < -0.4 is 10.1 Å². The van der Waals surface area contributed by atoms with E-state index in [1.165, 1.54) is 6.07 Å². The van der Waals surface area contributed by atoms with Crippen LogP contribution in [0.15, 0.2) is 54.6 Å². The molecule has 1 amide bonds. The second-order valence-electron chi connectivity index (χ2n) is 6.31. The van der Waals surface area contributed by atoms with Crippen LogP contribution >= 0.6 is 0 Å². The zero-order valence-corrected chi connectivity index (χ0v) is 16.0. The number of para-hydroxylation sites is 1. The lowest BCUT2D eigenvalue weighted by Crippen LogP contribution is -2.23. The number of anilines is 1. The molecule has 2 aromatic carbocycles. The second-order valence-corrected chi connectivity index (χ2v) is 6.31. The molecule has 0 aliphatic rings. The summed E-state index contributed by atoms with van der Waals surface area (Å²) in [5, 5.41) is 2.59. The van der Waals surface area contributed by atoms with Crippen molar-refractivity contribution in [3.63, 3.8) is 0 Å². The van der Waals surface area contributed by atoms with E-state index in [9.17, 15) is 14.0 Å². The van der Waals surface area contributed by atoms with Crippen LogP contribution in [-0.2, 0) is 4.79 Å². The number of hydrogen-bond donors (Lipinski definition) is 1. The Hall–Kier alpha value is -3.41. The number of aryl methyl sites for hydroxylation is 1. The fourth-order valence-corrected chi connectivity index (χ4v) is 3.11. The maximum absolute atomic E-state index is 14.2. The molecule has 1 aromatic heterocycles. The minimum atomic E-state index is -0.752. The van der Waals surface area contributed by atoms with Crippen LogP contribution in [0.25, 0.3) is 5.69 Å². The zero-order valence-electron chi connectivity index (χ0n) is 16.0. The fourth-order valence-electron chi connectivity index (χ4n) is 3.11. The van der Waals surface area contributed by atoms with Gasteiger partial charge in [0.25, 0.3) is 11.7 Å². The largest absolute Gasteiger partial charge is 0.494 e. The smallest absolute Gasteiger partial charge is 0.296 e. The summed E-state index contributed by atoms with van der Waals surface area (Å²) in [6, 6.07) is 14.7. The van der Waals surface area contributed by atoms with Crippen LogP contribution in [0.5, 0.6) is 5.75 Å². The van der Waals surface area contributed by atoms with E-state index >= 15 is 0 Å². The molecule has 1 heterocycles. The van der Waals surface area contributed by atoms with Crippen LogP contribution in [-0.4, -0.2) is 22.9 Å². The highest BCUT2D eigenvalue weighted by Gasteiger charge is 2.23. The van der Waals surface area contributed by atoms with Gasteiger partial charge in [0.2, 0.25) is 0 Å². The quantitative estimate of drug-likeness (QED) is 0.508. The second kappa shape index (κ2) is 8.08. The van der Waals surface area contributed by atoms with Crippen LogP contribution in [0.4, 0.5) is 10.1 Å². The number of ether oxygens (including phenoxy) is 1. The molecule has 28 heavy (non-hydrogen) atoms. The molecule has 0 aliphatic heterocycles. The van der Waals surface area contributed by atoms with E-state index < -0.39 is 17.5 Å². The minimum Gasteiger partial charge on any atom is -0.494 e. The van der Waals surface area contributed by atoms with Crippen LogP contribution in [0.2, 0.25) is 0 Å². The highest BCUT2D eigenvalue weighted by Crippen LogP contribution is 2.24. The van der Waals surface area contributed by atoms with Gasteiger partial charge in [0, 0.05) is 22.6 Å². The molecule has 0 fully saturated rings. The van der Waals surface area contributed by atoms with Gasteiger partial charge >= 0.3 is 0 Å². The maximum Gasteiger partial charge on any atom is 0.296 e. The first kappa shape index (κ1) is 19.4. The van der Waals surface area contributed by atoms with Crippen molar-refractivity contribution >= 4 is 17.4 Å². The molecule has 0 saturated heterocycles. The van der Waals surface area contributed by atoms with Gasteiger partial charge in [-0.05, 0) is 63.2 Å². The van der Waals surface area contributed by atoms with Gasteiger partial charge < -0.3 is 14.6 Å². The Bertz CT molecular complexity index is 1020. The first-order valence-electron chi connectivity index (χ1n) is 8.94.